The number of aliphatic hydroxyl groups excluding tert-OH is 1. The molecule has 0 aliphatic rings. The number of hydrogen-bond acceptors (Lipinski definition) is 3. The highest BCUT2D eigenvalue weighted by atomic mass is 16.5. The molecule has 0 heterocycles. The molecule has 0 amide bonds. The van der Waals surface area contributed by atoms with Crippen LogP contribution >= 0.6 is 0 Å². The van der Waals surface area contributed by atoms with Crippen LogP contribution in [0.25, 0.3) is 0 Å². The third-order valence-corrected chi connectivity index (χ3v) is 2.59. The average Bonchev–Trinajstić information content (AvgIpc) is 2.32. The number of ether oxygens (including phenoxy) is 1. The first-order valence-electron chi connectivity index (χ1n) is 5.82. The van der Waals surface area contributed by atoms with E-state index in [0.29, 0.717) is 19.1 Å². The van der Waals surface area contributed by atoms with Crippen molar-refractivity contribution < 1.29 is 9.84 Å². The summed E-state index contributed by atoms with van der Waals surface area (Å²) in [7, 11) is 1.97. The predicted molar refractivity (Wildman–Crippen MR) is 65.7 cm³/mol. The molecule has 0 saturated carbocycles. The van der Waals surface area contributed by atoms with Crippen LogP contribution in [0.3, 0.4) is 0 Å². The van der Waals surface area contributed by atoms with Gasteiger partial charge in [0.2, 0.25) is 0 Å². The van der Waals surface area contributed by atoms with Crippen molar-refractivity contribution in [2.45, 2.75) is 25.8 Å². The fourth-order valence-electron chi connectivity index (χ4n) is 1.68. The first kappa shape index (κ1) is 13.0. The molecule has 16 heavy (non-hydrogen) atoms. The van der Waals surface area contributed by atoms with Crippen LogP contribution < -0.4 is 10.1 Å². The van der Waals surface area contributed by atoms with Gasteiger partial charge in [0, 0.05) is 19.1 Å². The molecule has 90 valence electrons. The molecule has 0 radical (unpaired) electrons. The fourth-order valence-corrected chi connectivity index (χ4v) is 1.68. The molecule has 2 N–H and O–H groups in total. The minimum atomic E-state index is 0.174. The van der Waals surface area contributed by atoms with Crippen LogP contribution in [0.5, 0.6) is 5.75 Å². The Balaban J connectivity index is 2.62. The van der Waals surface area contributed by atoms with Crippen molar-refractivity contribution in [3.05, 3.63) is 29.8 Å². The van der Waals surface area contributed by atoms with Gasteiger partial charge < -0.3 is 15.2 Å². The SMILES string of the molecule is CCC(NC)c1cccc(OCCCO)c1. The summed E-state index contributed by atoms with van der Waals surface area (Å²) in [5.74, 6) is 0.875. The third-order valence-electron chi connectivity index (χ3n) is 2.59. The summed E-state index contributed by atoms with van der Waals surface area (Å²) in [6, 6.07) is 8.49. The van der Waals surface area contributed by atoms with Crippen LogP contribution in [0, 0.1) is 0 Å². The van der Waals surface area contributed by atoms with Crippen LogP contribution in [0.2, 0.25) is 0 Å². The maximum atomic E-state index is 8.67. The molecule has 0 aliphatic carbocycles. The van der Waals surface area contributed by atoms with Crippen LogP contribution in [-0.4, -0.2) is 25.4 Å². The largest absolute Gasteiger partial charge is 0.493 e. The minimum Gasteiger partial charge on any atom is -0.493 e. The highest BCUT2D eigenvalue weighted by Gasteiger charge is 2.06. The summed E-state index contributed by atoms with van der Waals surface area (Å²) in [6.07, 6.45) is 1.73. The van der Waals surface area contributed by atoms with E-state index in [9.17, 15) is 0 Å². The molecule has 1 atom stereocenters. The van der Waals surface area contributed by atoms with E-state index in [-0.39, 0.29) is 6.61 Å². The average molecular weight is 223 g/mol. The van der Waals surface area contributed by atoms with Gasteiger partial charge in [0.25, 0.3) is 0 Å². The van der Waals surface area contributed by atoms with Gasteiger partial charge in [-0.05, 0) is 31.2 Å². The first-order chi connectivity index (χ1) is 7.81. The van der Waals surface area contributed by atoms with Gasteiger partial charge >= 0.3 is 0 Å². The lowest BCUT2D eigenvalue weighted by Gasteiger charge is -2.15. The van der Waals surface area contributed by atoms with Crippen LogP contribution in [-0.2, 0) is 0 Å². The lowest BCUT2D eigenvalue weighted by molar-refractivity contribution is 0.233. The van der Waals surface area contributed by atoms with Crippen molar-refractivity contribution in [1.29, 1.82) is 0 Å². The summed E-state index contributed by atoms with van der Waals surface area (Å²) in [6.45, 7) is 2.89. The van der Waals surface area contributed by atoms with Crippen molar-refractivity contribution in [2.24, 2.45) is 0 Å². The topological polar surface area (TPSA) is 41.5 Å². The van der Waals surface area contributed by atoms with E-state index in [1.54, 1.807) is 0 Å². The molecule has 1 aromatic rings. The van der Waals surface area contributed by atoms with E-state index in [4.69, 9.17) is 9.84 Å². The first-order valence-corrected chi connectivity index (χ1v) is 5.82. The number of benzene rings is 1. The summed E-state index contributed by atoms with van der Waals surface area (Å²) >= 11 is 0. The quantitative estimate of drug-likeness (QED) is 0.696. The molecular formula is C13H21NO2. The Morgan fingerprint density at radius 2 is 2.25 bits per heavy atom. The smallest absolute Gasteiger partial charge is 0.119 e. The standard InChI is InChI=1S/C13H21NO2/c1-3-13(14-2)11-6-4-7-12(10-11)16-9-5-8-15/h4,6-7,10,13-15H,3,5,8-9H2,1-2H3. The lowest BCUT2D eigenvalue weighted by atomic mass is 10.0. The highest BCUT2D eigenvalue weighted by molar-refractivity contribution is 5.30. The molecule has 3 nitrogen and oxygen atoms in total. The van der Waals surface area contributed by atoms with Crippen LogP contribution in [0.4, 0.5) is 0 Å². The van der Waals surface area contributed by atoms with Crippen LogP contribution in [0.1, 0.15) is 31.4 Å². The maximum Gasteiger partial charge on any atom is 0.119 e. The zero-order chi connectivity index (χ0) is 11.8. The number of hydrogen-bond donors (Lipinski definition) is 2. The molecule has 3 heteroatoms. The molecule has 0 spiro atoms. The normalized spacial score (nSPS) is 12.4. The number of rotatable bonds is 7. The van der Waals surface area contributed by atoms with Gasteiger partial charge in [0.15, 0.2) is 0 Å². The van der Waals surface area contributed by atoms with Gasteiger partial charge in [-0.25, -0.2) is 0 Å². The van der Waals surface area contributed by atoms with Crippen molar-refractivity contribution in [2.75, 3.05) is 20.3 Å². The fraction of sp³-hybridized carbons (Fsp3) is 0.538. The van der Waals surface area contributed by atoms with Crippen molar-refractivity contribution in [1.82, 2.24) is 5.32 Å². The Hall–Kier alpha value is -1.06. The van der Waals surface area contributed by atoms with E-state index >= 15 is 0 Å². The summed E-state index contributed by atoms with van der Waals surface area (Å²) in [5.41, 5.74) is 1.24. The van der Waals surface area contributed by atoms with Gasteiger partial charge in [-0.15, -0.1) is 0 Å². The molecule has 0 bridgehead atoms. The second-order valence-corrected chi connectivity index (χ2v) is 3.75. The zero-order valence-electron chi connectivity index (χ0n) is 10.1. The summed E-state index contributed by atoms with van der Waals surface area (Å²) in [4.78, 5) is 0. The molecular weight excluding hydrogens is 202 g/mol. The van der Waals surface area contributed by atoms with E-state index in [0.717, 1.165) is 12.2 Å². The minimum absolute atomic E-state index is 0.174. The Bertz CT molecular complexity index is 298. The van der Waals surface area contributed by atoms with E-state index in [1.807, 2.05) is 19.2 Å². The Morgan fingerprint density at radius 3 is 2.88 bits per heavy atom. The second kappa shape index (κ2) is 7.25. The Morgan fingerprint density at radius 1 is 1.44 bits per heavy atom. The van der Waals surface area contributed by atoms with E-state index in [2.05, 4.69) is 24.4 Å². The lowest BCUT2D eigenvalue weighted by Crippen LogP contribution is -2.15. The highest BCUT2D eigenvalue weighted by Crippen LogP contribution is 2.21. The maximum absolute atomic E-state index is 8.67. The second-order valence-electron chi connectivity index (χ2n) is 3.75. The Labute approximate surface area is 97.4 Å². The van der Waals surface area contributed by atoms with E-state index < -0.39 is 0 Å². The van der Waals surface area contributed by atoms with E-state index in [1.165, 1.54) is 5.56 Å². The Kier molecular flexibility index (Phi) is 5.90. The van der Waals surface area contributed by atoms with Gasteiger partial charge in [0.1, 0.15) is 5.75 Å². The summed E-state index contributed by atoms with van der Waals surface area (Å²) in [5, 5.41) is 11.9. The van der Waals surface area contributed by atoms with Gasteiger partial charge in [0.05, 0.1) is 6.61 Å². The van der Waals surface area contributed by atoms with Crippen molar-refractivity contribution in [3.63, 3.8) is 0 Å². The monoisotopic (exact) mass is 223 g/mol. The molecule has 1 unspecified atom stereocenters. The molecule has 1 aromatic carbocycles. The zero-order valence-corrected chi connectivity index (χ0v) is 10.1. The van der Waals surface area contributed by atoms with Crippen molar-refractivity contribution in [3.8, 4) is 5.75 Å². The van der Waals surface area contributed by atoms with Crippen LogP contribution in [0.15, 0.2) is 24.3 Å². The summed E-state index contributed by atoms with van der Waals surface area (Å²) < 4.78 is 5.54. The molecule has 0 fully saturated rings. The number of aliphatic hydroxyl groups is 1. The third kappa shape index (κ3) is 3.83. The molecule has 0 aromatic heterocycles. The molecule has 0 aliphatic heterocycles. The van der Waals surface area contributed by atoms with Gasteiger partial charge in [-0.2, -0.15) is 0 Å². The molecule has 1 rings (SSSR count). The van der Waals surface area contributed by atoms with Gasteiger partial charge in [-0.3, -0.25) is 0 Å². The van der Waals surface area contributed by atoms with Gasteiger partial charge in [-0.1, -0.05) is 19.1 Å². The molecule has 0 saturated heterocycles. The predicted octanol–water partition coefficient (Wildman–Crippen LogP) is 2.12. The van der Waals surface area contributed by atoms with Crippen molar-refractivity contribution >= 4 is 0 Å². The number of nitrogens with one attached hydrogen (secondary N) is 1.